The Balaban J connectivity index is 1.70. The van der Waals surface area contributed by atoms with E-state index in [1.807, 2.05) is 6.07 Å². The van der Waals surface area contributed by atoms with Crippen LogP contribution in [0.5, 0.6) is 0 Å². The van der Waals surface area contributed by atoms with Crippen molar-refractivity contribution in [2.45, 2.75) is 6.42 Å². The van der Waals surface area contributed by atoms with Crippen molar-refractivity contribution >= 4 is 11.6 Å². The van der Waals surface area contributed by atoms with Gasteiger partial charge in [-0.05, 0) is 25.1 Å². The van der Waals surface area contributed by atoms with Gasteiger partial charge in [0.15, 0.2) is 0 Å². The van der Waals surface area contributed by atoms with Gasteiger partial charge in [-0.25, -0.2) is 0 Å². The van der Waals surface area contributed by atoms with E-state index in [4.69, 9.17) is 10.5 Å². The Kier molecular flexibility index (Phi) is 5.11. The molecule has 0 radical (unpaired) electrons. The van der Waals surface area contributed by atoms with Gasteiger partial charge in [-0.15, -0.1) is 0 Å². The number of pyridine rings is 1. The molecule has 3 N–H and O–H groups in total. The van der Waals surface area contributed by atoms with Crippen LogP contribution in [0.1, 0.15) is 16.9 Å². The molecule has 1 amide bonds. The molecule has 1 aliphatic heterocycles. The molecular weight excluding hydrogens is 244 g/mol. The predicted molar refractivity (Wildman–Crippen MR) is 73.1 cm³/mol. The molecule has 6 heteroatoms. The van der Waals surface area contributed by atoms with Gasteiger partial charge in [0.05, 0.1) is 13.2 Å². The summed E-state index contributed by atoms with van der Waals surface area (Å²) in [5, 5.41) is 3.27. The Morgan fingerprint density at radius 1 is 1.47 bits per heavy atom. The minimum absolute atomic E-state index is 0.290. The largest absolute Gasteiger partial charge is 0.385 e. The second kappa shape index (κ2) is 7.06. The molecule has 0 aliphatic carbocycles. The molecule has 0 spiro atoms. The SMILES string of the molecule is NC(=O)c1cc(NCCCN2CCOCC2)ccn1. The van der Waals surface area contributed by atoms with Crippen LogP contribution in [0.4, 0.5) is 5.69 Å². The summed E-state index contributed by atoms with van der Waals surface area (Å²) in [6.45, 7) is 5.62. The van der Waals surface area contributed by atoms with Crippen molar-refractivity contribution in [1.29, 1.82) is 0 Å². The van der Waals surface area contributed by atoms with Crippen LogP contribution < -0.4 is 11.1 Å². The number of nitrogens with two attached hydrogens (primary N) is 1. The van der Waals surface area contributed by atoms with Crippen LogP contribution in [-0.4, -0.2) is 55.2 Å². The third-order valence-electron chi connectivity index (χ3n) is 3.10. The van der Waals surface area contributed by atoms with Gasteiger partial charge < -0.3 is 15.8 Å². The summed E-state index contributed by atoms with van der Waals surface area (Å²) in [5.41, 5.74) is 6.36. The van der Waals surface area contributed by atoms with Crippen molar-refractivity contribution < 1.29 is 9.53 Å². The van der Waals surface area contributed by atoms with Crippen molar-refractivity contribution in [3.63, 3.8) is 0 Å². The fourth-order valence-electron chi connectivity index (χ4n) is 2.04. The molecule has 2 heterocycles. The predicted octanol–water partition coefficient (Wildman–Crippen LogP) is 0.315. The van der Waals surface area contributed by atoms with Crippen molar-refractivity contribution in [2.24, 2.45) is 5.73 Å². The van der Waals surface area contributed by atoms with E-state index in [9.17, 15) is 4.79 Å². The number of hydrogen-bond acceptors (Lipinski definition) is 5. The van der Waals surface area contributed by atoms with Gasteiger partial charge in [-0.3, -0.25) is 14.7 Å². The molecule has 0 unspecified atom stereocenters. The maximum absolute atomic E-state index is 11.0. The highest BCUT2D eigenvalue weighted by Gasteiger charge is 2.09. The molecule has 104 valence electrons. The highest BCUT2D eigenvalue weighted by molar-refractivity contribution is 5.91. The summed E-state index contributed by atoms with van der Waals surface area (Å²) in [4.78, 5) is 17.3. The summed E-state index contributed by atoms with van der Waals surface area (Å²) in [5.74, 6) is -0.503. The molecule has 0 aromatic carbocycles. The number of morpholine rings is 1. The number of amides is 1. The number of hydrogen-bond donors (Lipinski definition) is 2. The highest BCUT2D eigenvalue weighted by Crippen LogP contribution is 2.07. The van der Waals surface area contributed by atoms with E-state index in [-0.39, 0.29) is 5.69 Å². The molecule has 6 nitrogen and oxygen atoms in total. The fourth-order valence-corrected chi connectivity index (χ4v) is 2.04. The first-order chi connectivity index (χ1) is 9.25. The van der Waals surface area contributed by atoms with Crippen molar-refractivity contribution in [3.05, 3.63) is 24.0 Å². The van der Waals surface area contributed by atoms with Crippen LogP contribution in [0.3, 0.4) is 0 Å². The van der Waals surface area contributed by atoms with Gasteiger partial charge in [-0.2, -0.15) is 0 Å². The number of nitrogens with one attached hydrogen (secondary N) is 1. The Bertz CT molecular complexity index is 419. The lowest BCUT2D eigenvalue weighted by Gasteiger charge is -2.26. The molecule has 1 aliphatic rings. The third kappa shape index (κ3) is 4.50. The number of anilines is 1. The quantitative estimate of drug-likeness (QED) is 0.723. The average Bonchev–Trinajstić information content (AvgIpc) is 2.45. The van der Waals surface area contributed by atoms with E-state index in [1.165, 1.54) is 0 Å². The van der Waals surface area contributed by atoms with Gasteiger partial charge in [-0.1, -0.05) is 0 Å². The number of aromatic nitrogens is 1. The zero-order valence-corrected chi connectivity index (χ0v) is 11.0. The van der Waals surface area contributed by atoms with E-state index in [0.717, 1.165) is 51.5 Å². The first-order valence-corrected chi connectivity index (χ1v) is 6.55. The lowest BCUT2D eigenvalue weighted by Crippen LogP contribution is -2.37. The maximum Gasteiger partial charge on any atom is 0.267 e. The summed E-state index contributed by atoms with van der Waals surface area (Å²) >= 11 is 0. The third-order valence-corrected chi connectivity index (χ3v) is 3.10. The molecule has 19 heavy (non-hydrogen) atoms. The number of carbonyl (C=O) groups is 1. The summed E-state index contributed by atoms with van der Waals surface area (Å²) < 4.78 is 5.30. The van der Waals surface area contributed by atoms with Gasteiger partial charge in [0.1, 0.15) is 5.69 Å². The molecule has 0 atom stereocenters. The maximum atomic E-state index is 11.0. The number of rotatable bonds is 6. The van der Waals surface area contributed by atoms with Gasteiger partial charge in [0.25, 0.3) is 5.91 Å². The average molecular weight is 264 g/mol. The molecule has 1 saturated heterocycles. The Morgan fingerprint density at radius 2 is 2.26 bits per heavy atom. The van der Waals surface area contributed by atoms with Crippen molar-refractivity contribution in [2.75, 3.05) is 44.7 Å². The van der Waals surface area contributed by atoms with E-state index >= 15 is 0 Å². The summed E-state index contributed by atoms with van der Waals surface area (Å²) in [6.07, 6.45) is 2.64. The van der Waals surface area contributed by atoms with E-state index < -0.39 is 5.91 Å². The molecule has 0 saturated carbocycles. The number of nitrogens with zero attached hydrogens (tertiary/aromatic N) is 2. The first kappa shape index (κ1) is 13.8. The number of ether oxygens (including phenoxy) is 1. The fraction of sp³-hybridized carbons (Fsp3) is 0.538. The normalized spacial score (nSPS) is 16.2. The van der Waals surface area contributed by atoms with Crippen molar-refractivity contribution in [3.8, 4) is 0 Å². The number of primary amides is 1. The Morgan fingerprint density at radius 3 is 3.00 bits per heavy atom. The Labute approximate surface area is 112 Å². The number of carbonyl (C=O) groups excluding carboxylic acids is 1. The lowest BCUT2D eigenvalue weighted by molar-refractivity contribution is 0.0378. The molecular formula is C13H20N4O2. The molecule has 1 aromatic heterocycles. The van der Waals surface area contributed by atoms with Crippen LogP contribution in [0.2, 0.25) is 0 Å². The van der Waals surface area contributed by atoms with E-state index in [0.29, 0.717) is 0 Å². The second-order valence-corrected chi connectivity index (χ2v) is 4.53. The smallest absolute Gasteiger partial charge is 0.267 e. The van der Waals surface area contributed by atoms with E-state index in [1.54, 1.807) is 12.3 Å². The monoisotopic (exact) mass is 264 g/mol. The highest BCUT2D eigenvalue weighted by atomic mass is 16.5. The molecule has 0 bridgehead atoms. The molecule has 2 rings (SSSR count). The minimum Gasteiger partial charge on any atom is -0.385 e. The van der Waals surface area contributed by atoms with Crippen LogP contribution in [-0.2, 0) is 4.74 Å². The zero-order chi connectivity index (χ0) is 13.5. The molecule has 1 fully saturated rings. The van der Waals surface area contributed by atoms with Crippen LogP contribution in [0.25, 0.3) is 0 Å². The minimum atomic E-state index is -0.503. The molecule has 1 aromatic rings. The summed E-state index contributed by atoms with van der Waals surface area (Å²) in [7, 11) is 0. The second-order valence-electron chi connectivity index (χ2n) is 4.53. The zero-order valence-electron chi connectivity index (χ0n) is 11.0. The van der Waals surface area contributed by atoms with E-state index in [2.05, 4.69) is 15.2 Å². The Hall–Kier alpha value is -1.66. The van der Waals surface area contributed by atoms with Crippen molar-refractivity contribution in [1.82, 2.24) is 9.88 Å². The van der Waals surface area contributed by atoms with Gasteiger partial charge in [0, 0.05) is 31.5 Å². The van der Waals surface area contributed by atoms with Crippen LogP contribution in [0.15, 0.2) is 18.3 Å². The van der Waals surface area contributed by atoms with Gasteiger partial charge in [0.2, 0.25) is 0 Å². The first-order valence-electron chi connectivity index (χ1n) is 6.55. The topological polar surface area (TPSA) is 80.5 Å². The van der Waals surface area contributed by atoms with Crippen LogP contribution >= 0.6 is 0 Å². The van der Waals surface area contributed by atoms with Gasteiger partial charge >= 0.3 is 0 Å². The van der Waals surface area contributed by atoms with Crippen LogP contribution in [0, 0.1) is 0 Å². The standard InChI is InChI=1S/C13H20N4O2/c14-13(18)12-10-11(2-4-16-12)15-3-1-5-17-6-8-19-9-7-17/h2,4,10H,1,3,5-9H2,(H2,14,18)(H,15,16). The lowest BCUT2D eigenvalue weighted by atomic mass is 10.3. The summed E-state index contributed by atoms with van der Waals surface area (Å²) in [6, 6.07) is 3.51.